The summed E-state index contributed by atoms with van der Waals surface area (Å²) < 4.78 is 24.0. The summed E-state index contributed by atoms with van der Waals surface area (Å²) in [5.74, 6) is 1.25. The molecule has 4 heteroatoms. The monoisotopic (exact) mass is 430 g/mol. The third-order valence-electron chi connectivity index (χ3n) is 6.71. The van der Waals surface area contributed by atoms with Gasteiger partial charge < -0.3 is 9.47 Å². The van der Waals surface area contributed by atoms with Gasteiger partial charge >= 0.3 is 5.97 Å². The molecule has 1 aliphatic heterocycles. The van der Waals surface area contributed by atoms with Gasteiger partial charge in [-0.2, -0.15) is 0 Å². The van der Waals surface area contributed by atoms with Crippen molar-refractivity contribution in [2.24, 2.45) is 5.92 Å². The Kier molecular flexibility index (Phi) is 6.04. The molecule has 0 radical (unpaired) electrons. The standard InChI is InChI=1S/C28H27FO3/c29-25-13-9-22(10-14-25)23-11-15-26(16-12-23)32-28(30)24-7-5-21(6-8-24)20-3-1-19(2-4-20)17-27-18-31-27/h5-16,19-20,27H,1-4,17-18H2. The number of carbonyl (C=O) groups is 1. The Labute approximate surface area is 188 Å². The predicted molar refractivity (Wildman–Crippen MR) is 122 cm³/mol. The van der Waals surface area contributed by atoms with Crippen LogP contribution in [0.2, 0.25) is 0 Å². The summed E-state index contributed by atoms with van der Waals surface area (Å²) in [7, 11) is 0. The van der Waals surface area contributed by atoms with E-state index in [0.29, 0.717) is 23.3 Å². The first kappa shape index (κ1) is 20.9. The fraction of sp³-hybridized carbons (Fsp3) is 0.321. The summed E-state index contributed by atoms with van der Waals surface area (Å²) in [6, 6.07) is 21.5. The number of benzene rings is 3. The van der Waals surface area contributed by atoms with Crippen LogP contribution in [0.3, 0.4) is 0 Å². The second-order valence-electron chi connectivity index (χ2n) is 8.95. The number of hydrogen-bond donors (Lipinski definition) is 0. The average molecular weight is 431 g/mol. The number of halogens is 1. The zero-order chi connectivity index (χ0) is 21.9. The third-order valence-corrected chi connectivity index (χ3v) is 6.71. The molecule has 0 spiro atoms. The van der Waals surface area contributed by atoms with Crippen LogP contribution in [-0.2, 0) is 4.74 Å². The highest BCUT2D eigenvalue weighted by Crippen LogP contribution is 2.39. The van der Waals surface area contributed by atoms with Crippen molar-refractivity contribution in [1.82, 2.24) is 0 Å². The summed E-state index contributed by atoms with van der Waals surface area (Å²) in [6.45, 7) is 0.954. The number of epoxide rings is 1. The molecular formula is C28H27FO3. The lowest BCUT2D eigenvalue weighted by molar-refractivity contribution is 0.0734. The van der Waals surface area contributed by atoms with Crippen LogP contribution in [0.25, 0.3) is 11.1 Å². The molecule has 3 aromatic carbocycles. The molecule has 0 amide bonds. The van der Waals surface area contributed by atoms with Gasteiger partial charge in [0, 0.05) is 0 Å². The molecule has 1 saturated carbocycles. The molecule has 3 nitrogen and oxygen atoms in total. The highest BCUT2D eigenvalue weighted by Gasteiger charge is 2.30. The van der Waals surface area contributed by atoms with Gasteiger partial charge in [-0.15, -0.1) is 0 Å². The predicted octanol–water partition coefficient (Wildman–Crippen LogP) is 6.77. The van der Waals surface area contributed by atoms with Crippen molar-refractivity contribution in [1.29, 1.82) is 0 Å². The van der Waals surface area contributed by atoms with Gasteiger partial charge in [-0.05, 0) is 97.0 Å². The van der Waals surface area contributed by atoms with E-state index in [1.807, 2.05) is 24.3 Å². The number of ether oxygens (including phenoxy) is 2. The molecule has 1 heterocycles. The van der Waals surface area contributed by atoms with E-state index < -0.39 is 0 Å². The number of rotatable bonds is 6. The maximum absolute atomic E-state index is 13.1. The first-order valence-electron chi connectivity index (χ1n) is 11.4. The van der Waals surface area contributed by atoms with E-state index in [1.54, 1.807) is 24.3 Å². The van der Waals surface area contributed by atoms with E-state index in [9.17, 15) is 9.18 Å². The largest absolute Gasteiger partial charge is 0.423 e. The lowest BCUT2D eigenvalue weighted by Crippen LogP contribution is -2.15. The van der Waals surface area contributed by atoms with Crippen molar-refractivity contribution >= 4 is 5.97 Å². The lowest BCUT2D eigenvalue weighted by Gasteiger charge is -2.28. The zero-order valence-corrected chi connectivity index (χ0v) is 18.0. The van der Waals surface area contributed by atoms with Crippen LogP contribution in [0.15, 0.2) is 72.8 Å². The summed E-state index contributed by atoms with van der Waals surface area (Å²) in [5, 5.41) is 0. The molecule has 0 N–H and O–H groups in total. The van der Waals surface area contributed by atoms with Gasteiger partial charge in [-0.25, -0.2) is 9.18 Å². The van der Waals surface area contributed by atoms with Crippen LogP contribution in [0.5, 0.6) is 5.75 Å². The van der Waals surface area contributed by atoms with Gasteiger partial charge in [-0.3, -0.25) is 0 Å². The quantitative estimate of drug-likeness (QED) is 0.246. The Balaban J connectivity index is 1.16. The minimum absolute atomic E-state index is 0.262. The van der Waals surface area contributed by atoms with E-state index in [2.05, 4.69) is 12.1 Å². The van der Waals surface area contributed by atoms with Gasteiger partial charge in [0.15, 0.2) is 0 Å². The molecule has 1 atom stereocenters. The summed E-state index contributed by atoms with van der Waals surface area (Å²) in [5.41, 5.74) is 3.71. The van der Waals surface area contributed by atoms with Crippen LogP contribution in [-0.4, -0.2) is 18.7 Å². The molecule has 2 aliphatic rings. The van der Waals surface area contributed by atoms with Crippen molar-refractivity contribution in [2.75, 3.05) is 6.61 Å². The van der Waals surface area contributed by atoms with Crippen molar-refractivity contribution in [3.8, 4) is 16.9 Å². The molecule has 3 aromatic rings. The Morgan fingerprint density at radius 1 is 0.844 bits per heavy atom. The Morgan fingerprint density at radius 3 is 2.03 bits per heavy atom. The Hall–Kier alpha value is -2.98. The average Bonchev–Trinajstić information content (AvgIpc) is 3.65. The minimum Gasteiger partial charge on any atom is -0.423 e. The van der Waals surface area contributed by atoms with E-state index >= 15 is 0 Å². The number of esters is 1. The van der Waals surface area contributed by atoms with E-state index in [-0.39, 0.29) is 11.8 Å². The van der Waals surface area contributed by atoms with E-state index in [4.69, 9.17) is 9.47 Å². The summed E-state index contributed by atoms with van der Waals surface area (Å²) >= 11 is 0. The van der Waals surface area contributed by atoms with Crippen LogP contribution >= 0.6 is 0 Å². The molecule has 0 bridgehead atoms. The third kappa shape index (κ3) is 5.08. The second kappa shape index (κ2) is 9.25. The van der Waals surface area contributed by atoms with Crippen molar-refractivity contribution < 1.29 is 18.7 Å². The first-order valence-corrected chi connectivity index (χ1v) is 11.4. The van der Waals surface area contributed by atoms with Crippen molar-refractivity contribution in [3.05, 3.63) is 89.7 Å². The molecule has 1 aliphatic carbocycles. The molecule has 2 fully saturated rings. The van der Waals surface area contributed by atoms with Crippen LogP contribution in [0, 0.1) is 11.7 Å². The molecule has 0 aromatic heterocycles. The minimum atomic E-state index is -0.362. The zero-order valence-electron chi connectivity index (χ0n) is 18.0. The fourth-order valence-electron chi connectivity index (χ4n) is 4.72. The molecular weight excluding hydrogens is 403 g/mol. The molecule has 5 rings (SSSR count). The van der Waals surface area contributed by atoms with Crippen molar-refractivity contribution in [2.45, 2.75) is 44.1 Å². The van der Waals surface area contributed by atoms with Crippen LogP contribution in [0.4, 0.5) is 4.39 Å². The van der Waals surface area contributed by atoms with E-state index in [1.165, 1.54) is 49.8 Å². The molecule has 32 heavy (non-hydrogen) atoms. The first-order chi connectivity index (χ1) is 15.6. The van der Waals surface area contributed by atoms with Crippen LogP contribution in [0.1, 0.15) is 53.9 Å². The molecule has 164 valence electrons. The smallest absolute Gasteiger partial charge is 0.343 e. The Morgan fingerprint density at radius 2 is 1.44 bits per heavy atom. The number of hydrogen-bond acceptors (Lipinski definition) is 3. The van der Waals surface area contributed by atoms with Crippen molar-refractivity contribution in [3.63, 3.8) is 0 Å². The van der Waals surface area contributed by atoms with Gasteiger partial charge in [0.1, 0.15) is 11.6 Å². The normalized spacial score (nSPS) is 22.3. The van der Waals surface area contributed by atoms with Gasteiger partial charge in [-0.1, -0.05) is 36.4 Å². The molecule has 1 saturated heterocycles. The Bertz CT molecular complexity index is 1050. The summed E-state index contributed by atoms with van der Waals surface area (Å²) in [4.78, 5) is 12.6. The summed E-state index contributed by atoms with van der Waals surface area (Å²) in [6.07, 6.45) is 6.71. The lowest BCUT2D eigenvalue weighted by atomic mass is 9.77. The van der Waals surface area contributed by atoms with Gasteiger partial charge in [0.2, 0.25) is 0 Å². The highest BCUT2D eigenvalue weighted by molar-refractivity contribution is 5.91. The highest BCUT2D eigenvalue weighted by atomic mass is 19.1. The fourth-order valence-corrected chi connectivity index (χ4v) is 4.72. The molecule has 1 unspecified atom stereocenters. The van der Waals surface area contributed by atoms with E-state index in [0.717, 1.165) is 23.7 Å². The SMILES string of the molecule is O=C(Oc1ccc(-c2ccc(F)cc2)cc1)c1ccc(C2CCC(CC3CO3)CC2)cc1. The topological polar surface area (TPSA) is 38.8 Å². The van der Waals surface area contributed by atoms with Gasteiger partial charge in [0.25, 0.3) is 0 Å². The maximum Gasteiger partial charge on any atom is 0.343 e. The maximum atomic E-state index is 13.1. The van der Waals surface area contributed by atoms with Gasteiger partial charge in [0.05, 0.1) is 18.3 Å². The second-order valence-corrected chi connectivity index (χ2v) is 8.95. The number of carbonyl (C=O) groups excluding carboxylic acids is 1. The van der Waals surface area contributed by atoms with Crippen LogP contribution < -0.4 is 4.74 Å².